The number of amides is 2. The highest BCUT2D eigenvalue weighted by atomic mass is 16.7. The lowest BCUT2D eigenvalue weighted by Gasteiger charge is -2.33. The molecule has 0 aliphatic carbocycles. The van der Waals surface area contributed by atoms with Crippen molar-refractivity contribution < 1.29 is 28.7 Å². The summed E-state index contributed by atoms with van der Waals surface area (Å²) in [6.07, 6.45) is 1.62. The van der Waals surface area contributed by atoms with Crippen molar-refractivity contribution >= 4 is 18.0 Å². The summed E-state index contributed by atoms with van der Waals surface area (Å²) in [5.74, 6) is -0.859. The van der Waals surface area contributed by atoms with Crippen LogP contribution in [0.5, 0.6) is 0 Å². The number of esters is 1. The van der Waals surface area contributed by atoms with Crippen molar-refractivity contribution in [3.63, 3.8) is 0 Å². The molecule has 0 aromatic heterocycles. The van der Waals surface area contributed by atoms with Crippen molar-refractivity contribution in [3.8, 4) is 0 Å². The molecule has 0 saturated heterocycles. The fourth-order valence-corrected chi connectivity index (χ4v) is 2.09. The van der Waals surface area contributed by atoms with Gasteiger partial charge in [0.1, 0.15) is 12.1 Å². The average molecular weight is 360 g/mol. The largest absolute Gasteiger partial charge is 0.469 e. The summed E-state index contributed by atoms with van der Waals surface area (Å²) in [5.41, 5.74) is -0.716. The molecular weight excluding hydrogens is 328 g/mol. The molecule has 8 nitrogen and oxygen atoms in total. The van der Waals surface area contributed by atoms with Crippen LogP contribution in [0.3, 0.4) is 0 Å². The Morgan fingerprint density at radius 1 is 1.12 bits per heavy atom. The van der Waals surface area contributed by atoms with Crippen LogP contribution >= 0.6 is 0 Å². The number of hydrogen-bond donors (Lipinski definition) is 0. The van der Waals surface area contributed by atoms with Crippen molar-refractivity contribution in [2.75, 3.05) is 27.8 Å². The predicted molar refractivity (Wildman–Crippen MR) is 92.7 cm³/mol. The summed E-state index contributed by atoms with van der Waals surface area (Å²) < 4.78 is 10.1. The molecule has 0 aromatic rings. The minimum Gasteiger partial charge on any atom is -0.469 e. The first-order chi connectivity index (χ1) is 11.6. The number of methoxy groups -OCH3 is 1. The molecule has 0 aliphatic rings. The van der Waals surface area contributed by atoms with Crippen LogP contribution in [0.1, 0.15) is 53.4 Å². The molecule has 0 aromatic carbocycles. The molecule has 0 N–H and O–H groups in total. The first kappa shape index (κ1) is 23.2. The highest BCUT2D eigenvalue weighted by Gasteiger charge is 2.32. The Bertz CT molecular complexity index is 447. The molecule has 0 heterocycles. The first-order valence-electron chi connectivity index (χ1n) is 8.42. The Morgan fingerprint density at radius 3 is 2.16 bits per heavy atom. The van der Waals surface area contributed by atoms with E-state index >= 15 is 0 Å². The second kappa shape index (κ2) is 10.9. The van der Waals surface area contributed by atoms with Crippen LogP contribution in [0.2, 0.25) is 0 Å². The van der Waals surface area contributed by atoms with E-state index in [1.807, 2.05) is 6.92 Å². The smallest absolute Gasteiger partial charge is 0.411 e. The van der Waals surface area contributed by atoms with Gasteiger partial charge in [-0.25, -0.2) is 9.86 Å². The monoisotopic (exact) mass is 360 g/mol. The SMILES string of the molecule is CCCC[C@H](CC(=O)OC)N(CC(=O)N(C)OC)C(=O)OC(C)(C)C. The number of ether oxygens (including phenoxy) is 2. The molecule has 0 saturated carbocycles. The first-order valence-corrected chi connectivity index (χ1v) is 8.42. The van der Waals surface area contributed by atoms with Gasteiger partial charge >= 0.3 is 12.1 Å². The normalized spacial score (nSPS) is 12.3. The molecule has 146 valence electrons. The molecule has 0 rings (SSSR count). The van der Waals surface area contributed by atoms with Crippen LogP contribution in [-0.2, 0) is 23.9 Å². The minimum absolute atomic E-state index is 0.000278. The van der Waals surface area contributed by atoms with Crippen LogP contribution in [0.25, 0.3) is 0 Å². The Labute approximate surface area is 150 Å². The molecular formula is C17H32N2O6. The number of hydroxylamine groups is 2. The molecule has 0 spiro atoms. The summed E-state index contributed by atoms with van der Waals surface area (Å²) in [4.78, 5) is 42.8. The van der Waals surface area contributed by atoms with E-state index in [1.165, 1.54) is 26.2 Å². The van der Waals surface area contributed by atoms with Gasteiger partial charge in [0.2, 0.25) is 0 Å². The maximum absolute atomic E-state index is 12.6. The van der Waals surface area contributed by atoms with Crippen LogP contribution < -0.4 is 0 Å². The van der Waals surface area contributed by atoms with Crippen molar-refractivity contribution in [2.45, 2.75) is 65.0 Å². The maximum atomic E-state index is 12.6. The van der Waals surface area contributed by atoms with E-state index in [4.69, 9.17) is 14.3 Å². The summed E-state index contributed by atoms with van der Waals surface area (Å²) in [6.45, 7) is 7.00. The van der Waals surface area contributed by atoms with E-state index in [-0.39, 0.29) is 13.0 Å². The van der Waals surface area contributed by atoms with E-state index in [1.54, 1.807) is 20.8 Å². The lowest BCUT2D eigenvalue weighted by molar-refractivity contribution is -0.170. The Hall–Kier alpha value is -1.83. The van der Waals surface area contributed by atoms with Crippen LogP contribution in [-0.4, -0.2) is 67.4 Å². The summed E-state index contributed by atoms with van der Waals surface area (Å²) in [6, 6.07) is -0.489. The number of nitrogens with zero attached hydrogens (tertiary/aromatic N) is 2. The van der Waals surface area contributed by atoms with Gasteiger partial charge < -0.3 is 9.47 Å². The molecule has 1 atom stereocenters. The van der Waals surface area contributed by atoms with E-state index in [2.05, 4.69) is 0 Å². The molecule has 25 heavy (non-hydrogen) atoms. The third kappa shape index (κ3) is 9.28. The van der Waals surface area contributed by atoms with Gasteiger partial charge in [0, 0.05) is 13.1 Å². The molecule has 8 heteroatoms. The lowest BCUT2D eigenvalue weighted by Crippen LogP contribution is -2.49. The zero-order valence-corrected chi connectivity index (χ0v) is 16.5. The van der Waals surface area contributed by atoms with Crippen LogP contribution in [0.15, 0.2) is 0 Å². The van der Waals surface area contributed by atoms with Crippen molar-refractivity contribution in [2.24, 2.45) is 0 Å². The summed E-state index contributed by atoms with van der Waals surface area (Å²) >= 11 is 0. The zero-order chi connectivity index (χ0) is 19.6. The quantitative estimate of drug-likeness (QED) is 0.463. The summed E-state index contributed by atoms with van der Waals surface area (Å²) in [7, 11) is 4.11. The fourth-order valence-electron chi connectivity index (χ4n) is 2.09. The number of rotatable bonds is 9. The van der Waals surface area contributed by atoms with E-state index in [0.717, 1.165) is 17.9 Å². The highest BCUT2D eigenvalue weighted by Crippen LogP contribution is 2.18. The van der Waals surface area contributed by atoms with Gasteiger partial charge in [-0.3, -0.25) is 19.3 Å². The number of likely N-dealkylation sites (N-methyl/N-ethyl adjacent to an activating group) is 1. The lowest BCUT2D eigenvalue weighted by atomic mass is 10.0. The number of hydrogen-bond acceptors (Lipinski definition) is 6. The topological polar surface area (TPSA) is 85.4 Å². The minimum atomic E-state index is -0.716. The van der Waals surface area contributed by atoms with E-state index in [9.17, 15) is 14.4 Å². The van der Waals surface area contributed by atoms with E-state index in [0.29, 0.717) is 6.42 Å². The molecule has 2 amide bonds. The Morgan fingerprint density at radius 2 is 1.72 bits per heavy atom. The van der Waals surface area contributed by atoms with Crippen molar-refractivity contribution in [1.82, 2.24) is 9.96 Å². The second-order valence-electron chi connectivity index (χ2n) is 6.76. The van der Waals surface area contributed by atoms with Gasteiger partial charge in [0.15, 0.2) is 0 Å². The number of carbonyl (C=O) groups is 3. The van der Waals surface area contributed by atoms with Gasteiger partial charge in [-0.05, 0) is 27.2 Å². The third-order valence-electron chi connectivity index (χ3n) is 3.52. The van der Waals surface area contributed by atoms with Crippen LogP contribution in [0.4, 0.5) is 4.79 Å². The zero-order valence-electron chi connectivity index (χ0n) is 16.5. The second-order valence-corrected chi connectivity index (χ2v) is 6.76. The van der Waals surface area contributed by atoms with Crippen molar-refractivity contribution in [3.05, 3.63) is 0 Å². The molecule has 0 aliphatic heterocycles. The molecule has 0 unspecified atom stereocenters. The van der Waals surface area contributed by atoms with Gasteiger partial charge in [-0.15, -0.1) is 0 Å². The average Bonchev–Trinajstić information content (AvgIpc) is 2.53. The van der Waals surface area contributed by atoms with Gasteiger partial charge in [-0.1, -0.05) is 19.8 Å². The van der Waals surface area contributed by atoms with Crippen molar-refractivity contribution in [1.29, 1.82) is 0 Å². The summed E-state index contributed by atoms with van der Waals surface area (Å²) in [5, 5.41) is 1.03. The molecule has 0 radical (unpaired) electrons. The standard InChI is InChI=1S/C17H32N2O6/c1-8-9-10-13(11-15(21)23-6)19(12-14(20)18(5)24-7)16(22)25-17(2,3)4/h13H,8-12H2,1-7H3/t13-/m1/s1. The molecule has 0 bridgehead atoms. The fraction of sp³-hybridized carbons (Fsp3) is 0.824. The third-order valence-corrected chi connectivity index (χ3v) is 3.52. The molecule has 0 fully saturated rings. The maximum Gasteiger partial charge on any atom is 0.411 e. The Balaban J connectivity index is 5.47. The predicted octanol–water partition coefficient (Wildman–Crippen LogP) is 2.37. The van der Waals surface area contributed by atoms with Crippen LogP contribution in [0, 0.1) is 0 Å². The van der Waals surface area contributed by atoms with E-state index < -0.39 is 29.6 Å². The highest BCUT2D eigenvalue weighted by molar-refractivity contribution is 5.82. The van der Waals surface area contributed by atoms with Gasteiger partial charge in [0.25, 0.3) is 5.91 Å². The van der Waals surface area contributed by atoms with Gasteiger partial charge in [-0.2, -0.15) is 0 Å². The number of unbranched alkanes of at least 4 members (excludes halogenated alkanes) is 1. The Kier molecular flexibility index (Phi) is 10.1. The number of carbonyl (C=O) groups excluding carboxylic acids is 3. The van der Waals surface area contributed by atoms with Gasteiger partial charge in [0.05, 0.1) is 20.6 Å².